The first-order valence-electron chi connectivity index (χ1n) is 4.88. The monoisotopic (exact) mass is 179 g/mol. The molecular weight excluding hydrogens is 162 g/mol. The summed E-state index contributed by atoms with van der Waals surface area (Å²) in [6, 6.07) is 0. The molecule has 0 radical (unpaired) electrons. The minimum absolute atomic E-state index is 0.835. The van der Waals surface area contributed by atoms with Crippen LogP contribution in [-0.2, 0) is 13.5 Å². The van der Waals surface area contributed by atoms with E-state index >= 15 is 0 Å². The molecule has 1 saturated heterocycles. The number of rotatable bonds is 2. The Balaban J connectivity index is 2.17. The van der Waals surface area contributed by atoms with Crippen molar-refractivity contribution in [3.8, 4) is 0 Å². The second-order valence-corrected chi connectivity index (χ2v) is 4.00. The number of nitrogens with one attached hydrogen (secondary N) is 1. The molecule has 2 heterocycles. The van der Waals surface area contributed by atoms with Crippen molar-refractivity contribution in [2.24, 2.45) is 13.0 Å². The van der Waals surface area contributed by atoms with Gasteiger partial charge in [0.15, 0.2) is 0 Å². The second-order valence-electron chi connectivity index (χ2n) is 4.00. The van der Waals surface area contributed by atoms with Crippen molar-refractivity contribution in [2.45, 2.75) is 20.3 Å². The van der Waals surface area contributed by atoms with E-state index in [2.05, 4.69) is 24.3 Å². The van der Waals surface area contributed by atoms with E-state index in [4.69, 9.17) is 0 Å². The van der Waals surface area contributed by atoms with E-state index in [0.717, 1.165) is 5.92 Å². The van der Waals surface area contributed by atoms with Crippen LogP contribution < -0.4 is 5.32 Å². The van der Waals surface area contributed by atoms with Crippen molar-refractivity contribution in [2.75, 3.05) is 13.1 Å². The predicted molar refractivity (Wildman–Crippen MR) is 52.7 cm³/mol. The van der Waals surface area contributed by atoms with Crippen LogP contribution in [0, 0.1) is 19.8 Å². The average Bonchev–Trinajstić information content (AvgIpc) is 2.21. The Morgan fingerprint density at radius 2 is 2.15 bits per heavy atom. The lowest BCUT2D eigenvalue weighted by atomic mass is 9.93. The Morgan fingerprint density at radius 3 is 2.54 bits per heavy atom. The Bertz CT molecular complexity index is 310. The maximum absolute atomic E-state index is 4.42. The van der Waals surface area contributed by atoms with Gasteiger partial charge in [-0.2, -0.15) is 5.10 Å². The van der Waals surface area contributed by atoms with Crippen molar-refractivity contribution >= 4 is 0 Å². The van der Waals surface area contributed by atoms with Crippen molar-refractivity contribution in [1.29, 1.82) is 0 Å². The van der Waals surface area contributed by atoms with Crippen LogP contribution in [0.15, 0.2) is 0 Å². The first-order chi connectivity index (χ1) is 6.18. The molecule has 1 aliphatic heterocycles. The van der Waals surface area contributed by atoms with E-state index < -0.39 is 0 Å². The molecule has 1 fully saturated rings. The summed E-state index contributed by atoms with van der Waals surface area (Å²) in [4.78, 5) is 0. The maximum Gasteiger partial charge on any atom is 0.0628 e. The first-order valence-corrected chi connectivity index (χ1v) is 4.88. The minimum Gasteiger partial charge on any atom is -0.316 e. The molecule has 0 aromatic carbocycles. The van der Waals surface area contributed by atoms with Gasteiger partial charge in [-0.1, -0.05) is 0 Å². The van der Waals surface area contributed by atoms with Gasteiger partial charge >= 0.3 is 0 Å². The molecule has 0 aliphatic carbocycles. The molecule has 0 amide bonds. The molecule has 1 aromatic rings. The van der Waals surface area contributed by atoms with Gasteiger partial charge in [0.1, 0.15) is 0 Å². The Labute approximate surface area is 79.1 Å². The van der Waals surface area contributed by atoms with Crippen molar-refractivity contribution in [1.82, 2.24) is 15.1 Å². The number of hydrogen-bond donors (Lipinski definition) is 1. The van der Waals surface area contributed by atoms with E-state index in [1.165, 1.54) is 36.5 Å². The van der Waals surface area contributed by atoms with E-state index in [9.17, 15) is 0 Å². The molecule has 0 saturated carbocycles. The summed E-state index contributed by atoms with van der Waals surface area (Å²) in [6.45, 7) is 6.61. The molecule has 13 heavy (non-hydrogen) atoms. The molecule has 0 atom stereocenters. The zero-order chi connectivity index (χ0) is 9.42. The van der Waals surface area contributed by atoms with Crippen LogP contribution in [0.3, 0.4) is 0 Å². The van der Waals surface area contributed by atoms with Gasteiger partial charge in [0.25, 0.3) is 0 Å². The van der Waals surface area contributed by atoms with Gasteiger partial charge in [0.05, 0.1) is 5.69 Å². The third-order valence-electron chi connectivity index (χ3n) is 3.02. The van der Waals surface area contributed by atoms with Crippen LogP contribution in [0.5, 0.6) is 0 Å². The van der Waals surface area contributed by atoms with E-state index in [1.54, 1.807) is 0 Å². The summed E-state index contributed by atoms with van der Waals surface area (Å²) in [7, 11) is 2.02. The summed E-state index contributed by atoms with van der Waals surface area (Å²) in [6.07, 6.45) is 1.19. The van der Waals surface area contributed by atoms with E-state index in [1.807, 2.05) is 11.7 Å². The minimum atomic E-state index is 0.835. The summed E-state index contributed by atoms with van der Waals surface area (Å²) in [5.74, 6) is 0.835. The second kappa shape index (κ2) is 3.14. The van der Waals surface area contributed by atoms with E-state index in [-0.39, 0.29) is 0 Å². The van der Waals surface area contributed by atoms with Gasteiger partial charge < -0.3 is 5.32 Å². The van der Waals surface area contributed by atoms with Crippen LogP contribution in [0.25, 0.3) is 0 Å². The number of aryl methyl sites for hydroxylation is 2. The molecule has 3 nitrogen and oxygen atoms in total. The summed E-state index contributed by atoms with van der Waals surface area (Å²) in [5.41, 5.74) is 3.98. The summed E-state index contributed by atoms with van der Waals surface area (Å²) >= 11 is 0. The molecule has 1 aromatic heterocycles. The Kier molecular flexibility index (Phi) is 2.12. The molecule has 3 heteroatoms. The van der Waals surface area contributed by atoms with Crippen LogP contribution in [0.4, 0.5) is 0 Å². The normalized spacial score (nSPS) is 17.5. The Morgan fingerprint density at radius 1 is 1.46 bits per heavy atom. The number of hydrogen-bond acceptors (Lipinski definition) is 2. The molecule has 72 valence electrons. The highest BCUT2D eigenvalue weighted by Gasteiger charge is 2.20. The van der Waals surface area contributed by atoms with Crippen molar-refractivity contribution < 1.29 is 0 Å². The molecule has 0 bridgehead atoms. The highest BCUT2D eigenvalue weighted by atomic mass is 15.3. The SMILES string of the molecule is Cc1nn(C)c(C)c1CC1CNC1. The molecule has 0 spiro atoms. The van der Waals surface area contributed by atoms with E-state index in [0.29, 0.717) is 0 Å². The number of nitrogens with zero attached hydrogens (tertiary/aromatic N) is 2. The summed E-state index contributed by atoms with van der Waals surface area (Å²) in [5, 5.41) is 7.72. The average molecular weight is 179 g/mol. The van der Waals surface area contributed by atoms with Gasteiger partial charge in [-0.25, -0.2) is 0 Å². The van der Waals surface area contributed by atoms with Crippen molar-refractivity contribution in [3.63, 3.8) is 0 Å². The van der Waals surface area contributed by atoms with Gasteiger partial charge in [-0.3, -0.25) is 4.68 Å². The standard InChI is InChI=1S/C10H17N3/c1-7-10(4-9-5-11-6-9)8(2)13(3)12-7/h9,11H,4-6H2,1-3H3. The van der Waals surface area contributed by atoms with Crippen molar-refractivity contribution in [3.05, 3.63) is 17.0 Å². The fourth-order valence-electron chi connectivity index (χ4n) is 1.89. The van der Waals surface area contributed by atoms with Gasteiger partial charge in [-0.15, -0.1) is 0 Å². The smallest absolute Gasteiger partial charge is 0.0628 e. The maximum atomic E-state index is 4.42. The zero-order valence-corrected chi connectivity index (χ0v) is 8.59. The van der Waals surface area contributed by atoms with Crippen LogP contribution in [0.1, 0.15) is 17.0 Å². The van der Waals surface area contributed by atoms with Gasteiger partial charge in [-0.05, 0) is 44.8 Å². The van der Waals surface area contributed by atoms with Crippen LogP contribution >= 0.6 is 0 Å². The van der Waals surface area contributed by atoms with Gasteiger partial charge in [0.2, 0.25) is 0 Å². The zero-order valence-electron chi connectivity index (χ0n) is 8.59. The fraction of sp³-hybridized carbons (Fsp3) is 0.700. The third kappa shape index (κ3) is 1.48. The third-order valence-corrected chi connectivity index (χ3v) is 3.02. The highest BCUT2D eigenvalue weighted by Crippen LogP contribution is 2.18. The molecule has 0 unspecified atom stereocenters. The Hall–Kier alpha value is -0.830. The molecule has 1 N–H and O–H groups in total. The number of aromatic nitrogens is 2. The predicted octanol–water partition coefficient (Wildman–Crippen LogP) is 0.799. The largest absolute Gasteiger partial charge is 0.316 e. The molecule has 1 aliphatic rings. The lowest BCUT2D eigenvalue weighted by Gasteiger charge is -2.27. The highest BCUT2D eigenvalue weighted by molar-refractivity contribution is 5.25. The fourth-order valence-corrected chi connectivity index (χ4v) is 1.89. The lowest BCUT2D eigenvalue weighted by molar-refractivity contribution is 0.345. The quantitative estimate of drug-likeness (QED) is 0.727. The molecule has 2 rings (SSSR count). The molecular formula is C10H17N3. The van der Waals surface area contributed by atoms with Crippen LogP contribution in [-0.4, -0.2) is 22.9 Å². The first kappa shape index (κ1) is 8.75. The topological polar surface area (TPSA) is 29.9 Å². The van der Waals surface area contributed by atoms with Gasteiger partial charge in [0, 0.05) is 12.7 Å². The summed E-state index contributed by atoms with van der Waals surface area (Å²) < 4.78 is 1.98. The lowest BCUT2D eigenvalue weighted by Crippen LogP contribution is -2.43. The van der Waals surface area contributed by atoms with Crippen LogP contribution in [0.2, 0.25) is 0 Å².